The Morgan fingerprint density at radius 2 is 2.26 bits per heavy atom. The number of nitrogens with one attached hydrogen (secondary N) is 1. The minimum atomic E-state index is -0.267. The highest BCUT2D eigenvalue weighted by atomic mass is 16.5. The van der Waals surface area contributed by atoms with Crippen molar-refractivity contribution in [3.05, 3.63) is 30.0 Å². The van der Waals surface area contributed by atoms with E-state index in [0.29, 0.717) is 18.9 Å². The molecule has 2 rings (SSSR count). The van der Waals surface area contributed by atoms with Crippen LogP contribution in [0.3, 0.4) is 0 Å². The molecule has 0 fully saturated rings. The van der Waals surface area contributed by atoms with Crippen LogP contribution < -0.4 is 10.1 Å². The van der Waals surface area contributed by atoms with Crippen LogP contribution in [-0.2, 0) is 16.1 Å². The second-order valence-electron chi connectivity index (χ2n) is 4.00. The summed E-state index contributed by atoms with van der Waals surface area (Å²) < 4.78 is 15.7. The van der Waals surface area contributed by atoms with E-state index >= 15 is 0 Å². The maximum atomic E-state index is 11.2. The van der Waals surface area contributed by atoms with Crippen LogP contribution in [0.5, 0.6) is 5.75 Å². The second-order valence-corrected chi connectivity index (χ2v) is 4.00. The monoisotopic (exact) mass is 263 g/mol. The van der Waals surface area contributed by atoms with Crippen molar-refractivity contribution in [1.29, 1.82) is 0 Å². The van der Waals surface area contributed by atoms with Crippen molar-refractivity contribution in [3.63, 3.8) is 0 Å². The van der Waals surface area contributed by atoms with Gasteiger partial charge in [0.1, 0.15) is 5.76 Å². The van der Waals surface area contributed by atoms with Gasteiger partial charge < -0.3 is 13.9 Å². The largest absolute Gasteiger partial charge is 0.493 e. The number of fused-ring (bicyclic) bond motifs is 1. The summed E-state index contributed by atoms with van der Waals surface area (Å²) in [5, 5.41) is 3.95. The van der Waals surface area contributed by atoms with Gasteiger partial charge in [0.05, 0.1) is 26.8 Å². The number of carbonyl (C=O) groups excluding carboxylic acids is 1. The van der Waals surface area contributed by atoms with Crippen LogP contribution in [0.15, 0.2) is 28.7 Å². The molecule has 0 spiro atoms. The molecule has 5 nitrogen and oxygen atoms in total. The van der Waals surface area contributed by atoms with E-state index in [2.05, 4.69) is 5.32 Å². The molecule has 0 aliphatic heterocycles. The highest BCUT2D eigenvalue weighted by Crippen LogP contribution is 2.28. The SMILES string of the molecule is CCOC(=O)CNCc1cc2cccc(OC)c2o1. The quantitative estimate of drug-likeness (QED) is 0.809. The number of carbonyl (C=O) groups is 1. The fourth-order valence-electron chi connectivity index (χ4n) is 1.84. The number of esters is 1. The van der Waals surface area contributed by atoms with Crippen molar-refractivity contribution < 1.29 is 18.7 Å². The van der Waals surface area contributed by atoms with Crippen molar-refractivity contribution in [2.24, 2.45) is 0 Å². The molecule has 0 atom stereocenters. The average Bonchev–Trinajstić information content (AvgIpc) is 2.81. The summed E-state index contributed by atoms with van der Waals surface area (Å²) in [6, 6.07) is 7.64. The number of methoxy groups -OCH3 is 1. The number of para-hydroxylation sites is 1. The van der Waals surface area contributed by atoms with Crippen molar-refractivity contribution in [2.45, 2.75) is 13.5 Å². The van der Waals surface area contributed by atoms with Gasteiger partial charge in [-0.05, 0) is 19.1 Å². The van der Waals surface area contributed by atoms with Crippen molar-refractivity contribution >= 4 is 16.9 Å². The van der Waals surface area contributed by atoms with Crippen LogP contribution in [0.2, 0.25) is 0 Å². The van der Waals surface area contributed by atoms with E-state index in [4.69, 9.17) is 13.9 Å². The number of rotatable bonds is 6. The van der Waals surface area contributed by atoms with Crippen molar-refractivity contribution in [1.82, 2.24) is 5.32 Å². The molecule has 0 aliphatic rings. The van der Waals surface area contributed by atoms with E-state index in [1.165, 1.54) is 0 Å². The van der Waals surface area contributed by atoms with E-state index in [1.54, 1.807) is 14.0 Å². The first-order valence-corrected chi connectivity index (χ1v) is 6.16. The molecule has 0 aliphatic carbocycles. The molecule has 1 heterocycles. The fraction of sp³-hybridized carbons (Fsp3) is 0.357. The first kappa shape index (κ1) is 13.4. The number of hydrogen-bond donors (Lipinski definition) is 1. The van der Waals surface area contributed by atoms with E-state index in [9.17, 15) is 4.79 Å². The zero-order valence-corrected chi connectivity index (χ0v) is 11.1. The van der Waals surface area contributed by atoms with Gasteiger partial charge in [-0.2, -0.15) is 0 Å². The summed E-state index contributed by atoms with van der Waals surface area (Å²) in [5.74, 6) is 1.19. The Morgan fingerprint density at radius 1 is 1.42 bits per heavy atom. The summed E-state index contributed by atoms with van der Waals surface area (Å²) in [6.45, 7) is 2.81. The molecule has 0 unspecified atom stereocenters. The Morgan fingerprint density at radius 3 is 3.00 bits per heavy atom. The average molecular weight is 263 g/mol. The predicted molar refractivity (Wildman–Crippen MR) is 71.1 cm³/mol. The van der Waals surface area contributed by atoms with E-state index < -0.39 is 0 Å². The van der Waals surface area contributed by atoms with Gasteiger partial charge in [0.15, 0.2) is 11.3 Å². The predicted octanol–water partition coefficient (Wildman–Crippen LogP) is 2.09. The number of ether oxygens (including phenoxy) is 2. The molecule has 0 bridgehead atoms. The van der Waals surface area contributed by atoms with Crippen LogP contribution in [0, 0.1) is 0 Å². The normalized spacial score (nSPS) is 10.6. The van der Waals surface area contributed by atoms with Gasteiger partial charge in [0.2, 0.25) is 0 Å². The zero-order chi connectivity index (χ0) is 13.7. The molecule has 19 heavy (non-hydrogen) atoms. The molecule has 1 N–H and O–H groups in total. The van der Waals surface area contributed by atoms with E-state index in [-0.39, 0.29) is 12.5 Å². The zero-order valence-electron chi connectivity index (χ0n) is 11.1. The van der Waals surface area contributed by atoms with Crippen LogP contribution in [-0.4, -0.2) is 26.2 Å². The third-order valence-electron chi connectivity index (χ3n) is 2.65. The highest BCUT2D eigenvalue weighted by molar-refractivity contribution is 5.83. The van der Waals surface area contributed by atoms with Gasteiger partial charge in [0.25, 0.3) is 0 Å². The number of hydrogen-bond acceptors (Lipinski definition) is 5. The maximum absolute atomic E-state index is 11.2. The summed E-state index contributed by atoms with van der Waals surface area (Å²) in [7, 11) is 1.61. The Labute approximate surface area is 111 Å². The van der Waals surface area contributed by atoms with Gasteiger partial charge in [-0.1, -0.05) is 12.1 Å². The molecule has 1 aromatic carbocycles. The molecule has 0 saturated heterocycles. The van der Waals surface area contributed by atoms with Gasteiger partial charge in [0, 0.05) is 5.39 Å². The van der Waals surface area contributed by atoms with Crippen LogP contribution in [0.25, 0.3) is 11.0 Å². The highest BCUT2D eigenvalue weighted by Gasteiger charge is 2.08. The molecule has 102 valence electrons. The molecule has 0 saturated carbocycles. The Hall–Kier alpha value is -2.01. The van der Waals surface area contributed by atoms with Crippen LogP contribution in [0.4, 0.5) is 0 Å². The third kappa shape index (κ3) is 3.26. The fourth-order valence-corrected chi connectivity index (χ4v) is 1.84. The number of benzene rings is 1. The van der Waals surface area contributed by atoms with E-state index in [0.717, 1.165) is 16.7 Å². The van der Waals surface area contributed by atoms with Gasteiger partial charge in [-0.3, -0.25) is 10.1 Å². The van der Waals surface area contributed by atoms with Gasteiger partial charge in [-0.25, -0.2) is 0 Å². The molecule has 5 heteroatoms. The standard InChI is InChI=1S/C14H17NO4/c1-3-18-13(16)9-15-8-11-7-10-5-4-6-12(17-2)14(10)19-11/h4-7,15H,3,8-9H2,1-2H3. The van der Waals surface area contributed by atoms with Gasteiger partial charge in [-0.15, -0.1) is 0 Å². The molecule has 0 radical (unpaired) electrons. The summed E-state index contributed by atoms with van der Waals surface area (Å²) in [5.41, 5.74) is 0.720. The molecule has 0 amide bonds. The Bertz CT molecular complexity index is 562. The lowest BCUT2D eigenvalue weighted by Gasteiger charge is -2.02. The Kier molecular flexibility index (Phi) is 4.41. The van der Waals surface area contributed by atoms with E-state index in [1.807, 2.05) is 24.3 Å². The third-order valence-corrected chi connectivity index (χ3v) is 2.65. The summed E-state index contributed by atoms with van der Waals surface area (Å²) >= 11 is 0. The first-order valence-electron chi connectivity index (χ1n) is 6.16. The topological polar surface area (TPSA) is 60.7 Å². The van der Waals surface area contributed by atoms with Crippen molar-refractivity contribution in [2.75, 3.05) is 20.3 Å². The smallest absolute Gasteiger partial charge is 0.319 e. The lowest BCUT2D eigenvalue weighted by molar-refractivity contribution is -0.142. The van der Waals surface area contributed by atoms with Crippen molar-refractivity contribution in [3.8, 4) is 5.75 Å². The summed E-state index contributed by atoms with van der Waals surface area (Å²) in [4.78, 5) is 11.2. The Balaban J connectivity index is 2.00. The summed E-state index contributed by atoms with van der Waals surface area (Å²) in [6.07, 6.45) is 0. The van der Waals surface area contributed by atoms with Crippen LogP contribution >= 0.6 is 0 Å². The lowest BCUT2D eigenvalue weighted by Crippen LogP contribution is -2.24. The minimum absolute atomic E-state index is 0.169. The van der Waals surface area contributed by atoms with Gasteiger partial charge >= 0.3 is 5.97 Å². The lowest BCUT2D eigenvalue weighted by atomic mass is 10.2. The molecular weight excluding hydrogens is 246 g/mol. The first-order chi connectivity index (χ1) is 9.24. The second kappa shape index (κ2) is 6.24. The minimum Gasteiger partial charge on any atom is -0.493 e. The maximum Gasteiger partial charge on any atom is 0.319 e. The molecule has 1 aromatic heterocycles. The van der Waals surface area contributed by atoms with Crippen LogP contribution in [0.1, 0.15) is 12.7 Å². The molecule has 2 aromatic rings. The molecular formula is C14H17NO4. The number of furan rings is 1.